The van der Waals surface area contributed by atoms with Crippen molar-refractivity contribution in [3.63, 3.8) is 0 Å². The Kier molecular flexibility index (Phi) is 3.16. The summed E-state index contributed by atoms with van der Waals surface area (Å²) in [7, 11) is 1.98. The lowest BCUT2D eigenvalue weighted by Crippen LogP contribution is -2.34. The number of nitrogens with zero attached hydrogens (tertiary/aromatic N) is 3. The first-order valence-corrected chi connectivity index (χ1v) is 6.76. The van der Waals surface area contributed by atoms with Gasteiger partial charge in [0.15, 0.2) is 0 Å². The van der Waals surface area contributed by atoms with E-state index in [1.165, 1.54) is 38.0 Å². The summed E-state index contributed by atoms with van der Waals surface area (Å²) in [4.78, 5) is 2.56. The lowest BCUT2D eigenvalue weighted by molar-refractivity contribution is 0.330. The van der Waals surface area contributed by atoms with Crippen LogP contribution >= 0.6 is 0 Å². The molecule has 17 heavy (non-hydrogen) atoms. The molecule has 1 aliphatic heterocycles. The summed E-state index contributed by atoms with van der Waals surface area (Å²) in [6, 6.07) is 3.71. The summed E-state index contributed by atoms with van der Waals surface area (Å²) in [5, 5.41) is 8.15. The molecule has 1 aliphatic carbocycles. The smallest absolute Gasteiger partial charge is 0.0637 e. The van der Waals surface area contributed by atoms with Gasteiger partial charge in [-0.2, -0.15) is 5.10 Å². The van der Waals surface area contributed by atoms with Crippen molar-refractivity contribution in [1.29, 1.82) is 0 Å². The fourth-order valence-electron chi connectivity index (χ4n) is 2.62. The van der Waals surface area contributed by atoms with Crippen molar-refractivity contribution in [2.24, 2.45) is 7.05 Å². The quantitative estimate of drug-likeness (QED) is 0.817. The largest absolute Gasteiger partial charge is 0.310 e. The van der Waals surface area contributed by atoms with Crippen molar-refractivity contribution in [2.75, 3.05) is 19.6 Å². The second kappa shape index (κ2) is 4.78. The van der Waals surface area contributed by atoms with Gasteiger partial charge in [0.1, 0.15) is 0 Å². The topological polar surface area (TPSA) is 33.1 Å². The Labute approximate surface area is 103 Å². The molecule has 1 saturated carbocycles. The zero-order valence-corrected chi connectivity index (χ0v) is 10.6. The number of likely N-dealkylation sites (tertiary alicyclic amines) is 1. The van der Waals surface area contributed by atoms with Gasteiger partial charge in [0.2, 0.25) is 0 Å². The predicted octanol–water partition coefficient (Wildman–Crippen LogP) is 0.789. The van der Waals surface area contributed by atoms with Gasteiger partial charge in [-0.3, -0.25) is 4.68 Å². The normalized spacial score (nSPS) is 25.6. The number of rotatable bonds is 5. The maximum absolute atomic E-state index is 4.42. The van der Waals surface area contributed by atoms with E-state index in [1.54, 1.807) is 0 Å². The molecule has 4 heteroatoms. The van der Waals surface area contributed by atoms with Crippen LogP contribution in [-0.4, -0.2) is 46.4 Å². The van der Waals surface area contributed by atoms with Gasteiger partial charge >= 0.3 is 0 Å². The van der Waals surface area contributed by atoms with Crippen molar-refractivity contribution in [3.05, 3.63) is 18.0 Å². The molecule has 4 nitrogen and oxygen atoms in total. The number of nitrogens with one attached hydrogen (secondary N) is 1. The number of aromatic nitrogens is 2. The van der Waals surface area contributed by atoms with Gasteiger partial charge in [0.25, 0.3) is 0 Å². The monoisotopic (exact) mass is 234 g/mol. The average molecular weight is 234 g/mol. The third-order valence-corrected chi connectivity index (χ3v) is 3.77. The lowest BCUT2D eigenvalue weighted by Gasteiger charge is -2.15. The highest BCUT2D eigenvalue weighted by molar-refractivity contribution is 4.99. The Balaban J connectivity index is 1.40. The molecule has 0 aromatic carbocycles. The molecule has 1 saturated heterocycles. The van der Waals surface area contributed by atoms with Crippen molar-refractivity contribution in [2.45, 2.75) is 37.8 Å². The van der Waals surface area contributed by atoms with Gasteiger partial charge in [-0.25, -0.2) is 0 Å². The summed E-state index contributed by atoms with van der Waals surface area (Å²) < 4.78 is 1.89. The van der Waals surface area contributed by atoms with Gasteiger partial charge in [-0.1, -0.05) is 0 Å². The van der Waals surface area contributed by atoms with Crippen LogP contribution in [-0.2, 0) is 13.5 Å². The fraction of sp³-hybridized carbons (Fsp3) is 0.769. The van der Waals surface area contributed by atoms with Gasteiger partial charge < -0.3 is 10.2 Å². The molecule has 1 unspecified atom stereocenters. The van der Waals surface area contributed by atoms with Crippen molar-refractivity contribution < 1.29 is 0 Å². The lowest BCUT2D eigenvalue weighted by atomic mass is 10.2. The van der Waals surface area contributed by atoms with E-state index < -0.39 is 0 Å². The molecular weight excluding hydrogens is 212 g/mol. The predicted molar refractivity (Wildman–Crippen MR) is 67.9 cm³/mol. The van der Waals surface area contributed by atoms with Crippen LogP contribution in [0.1, 0.15) is 25.0 Å². The summed E-state index contributed by atoms with van der Waals surface area (Å²) >= 11 is 0. The first kappa shape index (κ1) is 11.2. The highest BCUT2D eigenvalue weighted by Crippen LogP contribution is 2.21. The maximum Gasteiger partial charge on any atom is 0.0637 e. The molecule has 94 valence electrons. The van der Waals surface area contributed by atoms with Crippen LogP contribution in [0.15, 0.2) is 12.3 Å². The van der Waals surface area contributed by atoms with E-state index >= 15 is 0 Å². The highest BCUT2D eigenvalue weighted by atomic mass is 15.3. The van der Waals surface area contributed by atoms with Crippen molar-refractivity contribution in [1.82, 2.24) is 20.0 Å². The average Bonchev–Trinajstić information content (AvgIpc) is 2.84. The van der Waals surface area contributed by atoms with Crippen LogP contribution in [0.2, 0.25) is 0 Å². The molecule has 1 atom stereocenters. The van der Waals surface area contributed by atoms with Gasteiger partial charge in [-0.15, -0.1) is 0 Å². The van der Waals surface area contributed by atoms with E-state index in [9.17, 15) is 0 Å². The van der Waals surface area contributed by atoms with Crippen LogP contribution in [0.3, 0.4) is 0 Å². The van der Waals surface area contributed by atoms with Gasteiger partial charge in [-0.05, 0) is 31.9 Å². The molecule has 0 radical (unpaired) electrons. The Morgan fingerprint density at radius 3 is 2.94 bits per heavy atom. The minimum atomic E-state index is 0.742. The first-order valence-electron chi connectivity index (χ1n) is 6.76. The van der Waals surface area contributed by atoms with Crippen LogP contribution in [0, 0.1) is 0 Å². The highest BCUT2D eigenvalue weighted by Gasteiger charge is 2.28. The maximum atomic E-state index is 4.42. The second-order valence-corrected chi connectivity index (χ2v) is 5.46. The number of aryl methyl sites for hydroxylation is 1. The summed E-state index contributed by atoms with van der Waals surface area (Å²) in [6.07, 6.45) is 7.21. The third-order valence-electron chi connectivity index (χ3n) is 3.77. The molecule has 0 amide bonds. The zero-order chi connectivity index (χ0) is 11.7. The van der Waals surface area contributed by atoms with E-state index in [1.807, 2.05) is 17.9 Å². The minimum absolute atomic E-state index is 0.742. The standard InChI is InChI=1S/C13H22N4/c1-16-7-4-12(15-16)5-8-17-9-6-13(10-17)14-11-2-3-11/h4,7,11,13-14H,2-3,5-6,8-10H2,1H3. The molecule has 2 fully saturated rings. The van der Waals surface area contributed by atoms with Crippen molar-refractivity contribution in [3.8, 4) is 0 Å². The second-order valence-electron chi connectivity index (χ2n) is 5.46. The van der Waals surface area contributed by atoms with E-state index in [0.29, 0.717) is 0 Å². The van der Waals surface area contributed by atoms with E-state index in [0.717, 1.165) is 25.0 Å². The Hall–Kier alpha value is -0.870. The van der Waals surface area contributed by atoms with Crippen LogP contribution < -0.4 is 5.32 Å². The third kappa shape index (κ3) is 3.07. The van der Waals surface area contributed by atoms with Crippen LogP contribution in [0.4, 0.5) is 0 Å². The summed E-state index contributed by atoms with van der Waals surface area (Å²) in [6.45, 7) is 3.63. The molecule has 0 bridgehead atoms. The molecule has 1 aromatic rings. The molecule has 2 heterocycles. The van der Waals surface area contributed by atoms with Crippen molar-refractivity contribution >= 4 is 0 Å². The Morgan fingerprint density at radius 2 is 2.24 bits per heavy atom. The summed E-state index contributed by atoms with van der Waals surface area (Å²) in [5.41, 5.74) is 1.21. The molecule has 3 rings (SSSR count). The zero-order valence-electron chi connectivity index (χ0n) is 10.6. The van der Waals surface area contributed by atoms with E-state index in [2.05, 4.69) is 21.4 Å². The fourth-order valence-corrected chi connectivity index (χ4v) is 2.62. The van der Waals surface area contributed by atoms with Crippen LogP contribution in [0.5, 0.6) is 0 Å². The minimum Gasteiger partial charge on any atom is -0.310 e. The van der Waals surface area contributed by atoms with Gasteiger partial charge in [0, 0.05) is 44.8 Å². The van der Waals surface area contributed by atoms with E-state index in [4.69, 9.17) is 0 Å². The van der Waals surface area contributed by atoms with Gasteiger partial charge in [0.05, 0.1) is 5.69 Å². The number of hydrogen-bond acceptors (Lipinski definition) is 3. The molecular formula is C13H22N4. The molecule has 1 aromatic heterocycles. The number of hydrogen-bond donors (Lipinski definition) is 1. The Bertz CT molecular complexity index is 369. The Morgan fingerprint density at radius 1 is 1.35 bits per heavy atom. The SMILES string of the molecule is Cn1ccc(CCN2CCC(NC3CC3)C2)n1. The molecule has 0 spiro atoms. The molecule has 1 N–H and O–H groups in total. The first-order chi connectivity index (χ1) is 8.29. The molecule has 2 aliphatic rings. The summed E-state index contributed by atoms with van der Waals surface area (Å²) in [5.74, 6) is 0. The van der Waals surface area contributed by atoms with Crippen LogP contribution in [0.25, 0.3) is 0 Å². The van der Waals surface area contributed by atoms with E-state index in [-0.39, 0.29) is 0 Å².